The molecule has 0 atom stereocenters. The van der Waals surface area contributed by atoms with Crippen LogP contribution in [0.15, 0.2) is 24.3 Å². The largest absolute Gasteiger partial charge is 0.407 e. The minimum atomic E-state index is -0.877. The summed E-state index contributed by atoms with van der Waals surface area (Å²) < 4.78 is 15.9. The van der Waals surface area contributed by atoms with Crippen molar-refractivity contribution in [1.29, 1.82) is 0 Å². The van der Waals surface area contributed by atoms with Crippen LogP contribution in [0, 0.1) is 11.8 Å². The van der Waals surface area contributed by atoms with Crippen LogP contribution in [-0.4, -0.2) is 25.7 Å². The van der Waals surface area contributed by atoms with E-state index in [0.717, 1.165) is 5.92 Å². The monoisotopic (exact) mass is 318 g/mol. The van der Waals surface area contributed by atoms with E-state index in [2.05, 4.69) is 19.1 Å². The Morgan fingerprint density at radius 1 is 0.957 bits per heavy atom. The first-order chi connectivity index (χ1) is 11.1. The van der Waals surface area contributed by atoms with Gasteiger partial charge in [-0.1, -0.05) is 38.8 Å². The quantitative estimate of drug-likeness (QED) is 0.787. The number of esters is 1. The van der Waals surface area contributed by atoms with Crippen molar-refractivity contribution in [3.05, 3.63) is 35.4 Å². The molecule has 1 saturated heterocycles. The third-order valence-electron chi connectivity index (χ3n) is 4.87. The molecule has 3 rings (SSSR count). The minimum absolute atomic E-state index is 0.336. The first kappa shape index (κ1) is 16.5. The third-order valence-corrected chi connectivity index (χ3v) is 4.87. The molecule has 1 aromatic carbocycles. The first-order valence-electron chi connectivity index (χ1n) is 8.66. The van der Waals surface area contributed by atoms with Crippen molar-refractivity contribution >= 4 is 5.97 Å². The lowest BCUT2D eigenvalue weighted by Crippen LogP contribution is -2.34. The molecule has 0 unspecified atom stereocenters. The topological polar surface area (TPSA) is 44.8 Å². The van der Waals surface area contributed by atoms with Crippen LogP contribution in [0.25, 0.3) is 0 Å². The summed E-state index contributed by atoms with van der Waals surface area (Å²) in [6.07, 6.45) is 5.08. The molecule has 0 N–H and O–H groups in total. The van der Waals surface area contributed by atoms with Gasteiger partial charge in [-0.3, -0.25) is 0 Å². The van der Waals surface area contributed by atoms with Crippen molar-refractivity contribution in [2.45, 2.75) is 51.9 Å². The molecule has 1 aromatic rings. The highest BCUT2D eigenvalue weighted by Crippen LogP contribution is 2.35. The number of hydrogen-bond donors (Lipinski definition) is 0. The Balaban J connectivity index is 1.55. The van der Waals surface area contributed by atoms with Gasteiger partial charge in [-0.2, -0.15) is 0 Å². The predicted octanol–water partition coefficient (Wildman–Crippen LogP) is 4.10. The molecule has 1 aliphatic carbocycles. The van der Waals surface area contributed by atoms with Crippen LogP contribution in [-0.2, 0) is 14.2 Å². The maximum Gasteiger partial charge on any atom is 0.342 e. The van der Waals surface area contributed by atoms with E-state index in [0.29, 0.717) is 30.6 Å². The molecule has 126 valence electrons. The van der Waals surface area contributed by atoms with Gasteiger partial charge in [0.2, 0.25) is 0 Å². The Morgan fingerprint density at radius 3 is 2.17 bits per heavy atom. The molecule has 0 bridgehead atoms. The molecule has 23 heavy (non-hydrogen) atoms. The van der Waals surface area contributed by atoms with Crippen LogP contribution < -0.4 is 0 Å². The summed E-state index contributed by atoms with van der Waals surface area (Å²) in [6.45, 7) is 4.58. The molecule has 0 spiro atoms. The Bertz CT molecular complexity index is 509. The average Bonchev–Trinajstić information content (AvgIpc) is 2.58. The second kappa shape index (κ2) is 7.45. The van der Waals surface area contributed by atoms with Gasteiger partial charge in [0.05, 0.1) is 18.8 Å². The highest BCUT2D eigenvalue weighted by atomic mass is 16.9. The summed E-state index contributed by atoms with van der Waals surface area (Å²) in [5, 5.41) is 0. The minimum Gasteiger partial charge on any atom is -0.407 e. The highest BCUT2D eigenvalue weighted by molar-refractivity contribution is 5.89. The van der Waals surface area contributed by atoms with Crippen LogP contribution in [0.5, 0.6) is 0 Å². The molecular formula is C19H26O4. The van der Waals surface area contributed by atoms with E-state index >= 15 is 0 Å². The standard InChI is InChI=1S/C19H26O4/c1-13-3-5-15(6-4-13)16-7-9-17(10-8-16)18(20)23-19-21-11-14(2)12-22-19/h7-10,13-15,19H,3-6,11-12H2,1-2H3. The number of rotatable bonds is 3. The first-order valence-corrected chi connectivity index (χ1v) is 8.66. The van der Waals surface area contributed by atoms with Gasteiger partial charge in [-0.25, -0.2) is 4.79 Å². The zero-order valence-corrected chi connectivity index (χ0v) is 14.0. The van der Waals surface area contributed by atoms with E-state index in [1.54, 1.807) is 0 Å². The van der Waals surface area contributed by atoms with Crippen molar-refractivity contribution in [3.8, 4) is 0 Å². The molecule has 1 heterocycles. The van der Waals surface area contributed by atoms with Gasteiger partial charge in [-0.05, 0) is 42.4 Å². The summed E-state index contributed by atoms with van der Waals surface area (Å²) >= 11 is 0. The van der Waals surface area contributed by atoms with Crippen LogP contribution in [0.2, 0.25) is 0 Å². The van der Waals surface area contributed by atoms with Crippen molar-refractivity contribution < 1.29 is 19.0 Å². The van der Waals surface area contributed by atoms with Gasteiger partial charge < -0.3 is 14.2 Å². The second-order valence-corrected chi connectivity index (χ2v) is 7.04. The molecular weight excluding hydrogens is 292 g/mol. The molecule has 2 aliphatic rings. The maximum atomic E-state index is 12.1. The van der Waals surface area contributed by atoms with Crippen molar-refractivity contribution in [2.75, 3.05) is 13.2 Å². The molecule has 1 saturated carbocycles. The van der Waals surface area contributed by atoms with Crippen LogP contribution in [0.4, 0.5) is 0 Å². The Hall–Kier alpha value is -1.39. The van der Waals surface area contributed by atoms with E-state index in [1.807, 2.05) is 19.1 Å². The highest BCUT2D eigenvalue weighted by Gasteiger charge is 2.24. The second-order valence-electron chi connectivity index (χ2n) is 7.04. The van der Waals surface area contributed by atoms with Gasteiger partial charge in [0.15, 0.2) is 0 Å². The van der Waals surface area contributed by atoms with E-state index in [4.69, 9.17) is 14.2 Å². The fourth-order valence-electron chi connectivity index (χ4n) is 3.29. The van der Waals surface area contributed by atoms with E-state index in [1.165, 1.54) is 31.2 Å². The summed E-state index contributed by atoms with van der Waals surface area (Å²) in [4.78, 5) is 12.1. The van der Waals surface area contributed by atoms with Crippen molar-refractivity contribution in [3.63, 3.8) is 0 Å². The summed E-state index contributed by atoms with van der Waals surface area (Å²) in [6, 6.07) is 7.81. The number of carbonyl (C=O) groups excluding carboxylic acids is 1. The Kier molecular flexibility index (Phi) is 5.34. The average molecular weight is 318 g/mol. The lowest BCUT2D eigenvalue weighted by Gasteiger charge is -2.27. The fraction of sp³-hybridized carbons (Fsp3) is 0.632. The SMILES string of the molecule is CC1CCC(c2ccc(C(=O)OC3OCC(C)CO3)cc2)CC1. The van der Waals surface area contributed by atoms with Crippen LogP contribution in [0.1, 0.15) is 61.4 Å². The van der Waals surface area contributed by atoms with E-state index in [-0.39, 0.29) is 0 Å². The van der Waals surface area contributed by atoms with Gasteiger partial charge in [0.25, 0.3) is 0 Å². The number of ether oxygens (including phenoxy) is 3. The van der Waals surface area contributed by atoms with Gasteiger partial charge in [0.1, 0.15) is 0 Å². The summed E-state index contributed by atoms with van der Waals surface area (Å²) in [5.41, 5.74) is 1.87. The van der Waals surface area contributed by atoms with Crippen molar-refractivity contribution in [1.82, 2.24) is 0 Å². The van der Waals surface area contributed by atoms with Crippen LogP contribution >= 0.6 is 0 Å². The Morgan fingerprint density at radius 2 is 1.57 bits per heavy atom. The third kappa shape index (κ3) is 4.33. The molecule has 0 aromatic heterocycles. The molecule has 4 heteroatoms. The van der Waals surface area contributed by atoms with Gasteiger partial charge in [-0.15, -0.1) is 0 Å². The summed E-state index contributed by atoms with van der Waals surface area (Å²) in [5.74, 6) is 1.41. The number of hydrogen-bond acceptors (Lipinski definition) is 4. The maximum absolute atomic E-state index is 12.1. The molecule has 2 fully saturated rings. The fourth-order valence-corrected chi connectivity index (χ4v) is 3.29. The summed E-state index contributed by atoms with van der Waals surface area (Å²) in [7, 11) is 0. The lowest BCUT2D eigenvalue weighted by atomic mass is 9.79. The predicted molar refractivity (Wildman–Crippen MR) is 87.1 cm³/mol. The lowest BCUT2D eigenvalue weighted by molar-refractivity contribution is -0.297. The zero-order valence-electron chi connectivity index (χ0n) is 14.0. The smallest absolute Gasteiger partial charge is 0.342 e. The zero-order chi connectivity index (χ0) is 16.2. The van der Waals surface area contributed by atoms with E-state index < -0.39 is 12.4 Å². The molecule has 0 radical (unpaired) electrons. The van der Waals surface area contributed by atoms with Crippen LogP contribution in [0.3, 0.4) is 0 Å². The van der Waals surface area contributed by atoms with Gasteiger partial charge in [0, 0.05) is 5.92 Å². The molecule has 0 amide bonds. The van der Waals surface area contributed by atoms with E-state index in [9.17, 15) is 4.79 Å². The molecule has 1 aliphatic heterocycles. The van der Waals surface area contributed by atoms with Crippen molar-refractivity contribution in [2.24, 2.45) is 11.8 Å². The van der Waals surface area contributed by atoms with Gasteiger partial charge >= 0.3 is 12.4 Å². The molecule has 4 nitrogen and oxygen atoms in total. The normalized spacial score (nSPS) is 31.6. The number of benzene rings is 1. The number of carbonyl (C=O) groups is 1. The Labute approximate surface area is 138 Å².